The SMILES string of the molecule is C[C@H](N)C(=O)N1CCC(N)C1.Cl. The van der Waals surface area contributed by atoms with Gasteiger partial charge < -0.3 is 16.4 Å². The molecule has 72 valence electrons. The maximum atomic E-state index is 11.2. The lowest BCUT2D eigenvalue weighted by Gasteiger charge is -2.17. The van der Waals surface area contributed by atoms with Crippen LogP contribution in [0.3, 0.4) is 0 Å². The lowest BCUT2D eigenvalue weighted by Crippen LogP contribution is -2.41. The highest BCUT2D eigenvalue weighted by atomic mass is 35.5. The van der Waals surface area contributed by atoms with Crippen LogP contribution in [-0.2, 0) is 4.79 Å². The van der Waals surface area contributed by atoms with E-state index < -0.39 is 0 Å². The van der Waals surface area contributed by atoms with Crippen LogP contribution in [0.5, 0.6) is 0 Å². The van der Waals surface area contributed by atoms with Crippen molar-refractivity contribution < 1.29 is 4.79 Å². The first-order valence-electron chi connectivity index (χ1n) is 3.91. The summed E-state index contributed by atoms with van der Waals surface area (Å²) >= 11 is 0. The Kier molecular flexibility index (Phi) is 4.52. The van der Waals surface area contributed by atoms with E-state index in [4.69, 9.17) is 11.5 Å². The Labute approximate surface area is 78.7 Å². The van der Waals surface area contributed by atoms with Crippen molar-refractivity contribution in [2.75, 3.05) is 13.1 Å². The Balaban J connectivity index is 0.00000121. The van der Waals surface area contributed by atoms with Crippen molar-refractivity contribution in [1.82, 2.24) is 4.90 Å². The van der Waals surface area contributed by atoms with Gasteiger partial charge in [0, 0.05) is 19.1 Å². The quantitative estimate of drug-likeness (QED) is 0.580. The molecule has 5 heteroatoms. The second-order valence-corrected chi connectivity index (χ2v) is 3.12. The molecule has 2 atom stereocenters. The topological polar surface area (TPSA) is 72.4 Å². The monoisotopic (exact) mass is 193 g/mol. The maximum absolute atomic E-state index is 11.2. The molecular weight excluding hydrogens is 178 g/mol. The normalized spacial score (nSPS) is 24.9. The van der Waals surface area contributed by atoms with Crippen LogP contribution < -0.4 is 11.5 Å². The summed E-state index contributed by atoms with van der Waals surface area (Å²) in [4.78, 5) is 13.0. The molecule has 0 spiro atoms. The van der Waals surface area contributed by atoms with E-state index in [1.165, 1.54) is 0 Å². The minimum Gasteiger partial charge on any atom is -0.340 e. The third-order valence-corrected chi connectivity index (χ3v) is 1.93. The molecule has 1 unspecified atom stereocenters. The average Bonchev–Trinajstić information content (AvgIpc) is 2.34. The van der Waals surface area contributed by atoms with Gasteiger partial charge in [-0.25, -0.2) is 0 Å². The van der Waals surface area contributed by atoms with Gasteiger partial charge in [0.15, 0.2) is 0 Å². The summed E-state index contributed by atoms with van der Waals surface area (Å²) in [5.74, 6) is 0.0120. The summed E-state index contributed by atoms with van der Waals surface area (Å²) < 4.78 is 0. The Morgan fingerprint density at radius 1 is 1.67 bits per heavy atom. The first-order chi connectivity index (χ1) is 5.11. The lowest BCUT2D eigenvalue weighted by atomic mass is 10.3. The second-order valence-electron chi connectivity index (χ2n) is 3.12. The van der Waals surface area contributed by atoms with Gasteiger partial charge in [0.1, 0.15) is 0 Å². The van der Waals surface area contributed by atoms with E-state index in [2.05, 4.69) is 0 Å². The molecule has 1 saturated heterocycles. The number of halogens is 1. The minimum absolute atomic E-state index is 0. The number of rotatable bonds is 1. The number of nitrogens with two attached hydrogens (primary N) is 2. The molecule has 0 radical (unpaired) electrons. The molecular formula is C7H16ClN3O. The van der Waals surface area contributed by atoms with Crippen molar-refractivity contribution in [3.8, 4) is 0 Å². The molecule has 1 aliphatic heterocycles. The number of hydrogen-bond donors (Lipinski definition) is 2. The first-order valence-corrected chi connectivity index (χ1v) is 3.91. The molecule has 0 bridgehead atoms. The Morgan fingerprint density at radius 2 is 2.25 bits per heavy atom. The maximum Gasteiger partial charge on any atom is 0.239 e. The highest BCUT2D eigenvalue weighted by Crippen LogP contribution is 2.07. The largest absolute Gasteiger partial charge is 0.340 e. The summed E-state index contributed by atoms with van der Waals surface area (Å²) in [6, 6.07) is -0.238. The van der Waals surface area contributed by atoms with Gasteiger partial charge in [-0.15, -0.1) is 12.4 Å². The van der Waals surface area contributed by atoms with Crippen molar-refractivity contribution in [2.45, 2.75) is 25.4 Å². The predicted octanol–water partition coefficient (Wildman–Crippen LogP) is -0.685. The summed E-state index contributed by atoms with van der Waals surface area (Å²) in [6.45, 7) is 3.13. The highest BCUT2D eigenvalue weighted by molar-refractivity contribution is 5.85. The molecule has 1 fully saturated rings. The zero-order valence-corrected chi connectivity index (χ0v) is 8.01. The van der Waals surface area contributed by atoms with Crippen LogP contribution in [0.15, 0.2) is 0 Å². The average molecular weight is 194 g/mol. The molecule has 0 aromatic heterocycles. The standard InChI is InChI=1S/C7H15N3O.ClH/c1-5(8)7(11)10-3-2-6(9)4-10;/h5-6H,2-4,8-9H2,1H3;1H/t5-,6?;/m0./s1. The van der Waals surface area contributed by atoms with Gasteiger partial charge in [0.05, 0.1) is 6.04 Å². The van der Waals surface area contributed by atoms with Crippen molar-refractivity contribution in [3.63, 3.8) is 0 Å². The minimum atomic E-state index is -0.389. The smallest absolute Gasteiger partial charge is 0.239 e. The zero-order valence-electron chi connectivity index (χ0n) is 7.19. The van der Waals surface area contributed by atoms with Crippen LogP contribution >= 0.6 is 12.4 Å². The van der Waals surface area contributed by atoms with E-state index in [0.29, 0.717) is 6.54 Å². The first kappa shape index (κ1) is 11.7. The second kappa shape index (κ2) is 4.64. The molecule has 0 aliphatic carbocycles. The summed E-state index contributed by atoms with van der Waals surface area (Å²) in [6.07, 6.45) is 0.901. The van der Waals surface area contributed by atoms with Gasteiger partial charge in [-0.1, -0.05) is 0 Å². The van der Waals surface area contributed by atoms with Crippen LogP contribution in [0.1, 0.15) is 13.3 Å². The molecule has 0 aromatic rings. The number of carbonyl (C=O) groups excluding carboxylic acids is 1. The van der Waals surface area contributed by atoms with E-state index >= 15 is 0 Å². The molecule has 0 saturated carbocycles. The molecule has 4 nitrogen and oxygen atoms in total. The molecule has 1 rings (SSSR count). The number of carbonyl (C=O) groups is 1. The Morgan fingerprint density at radius 3 is 2.58 bits per heavy atom. The van der Waals surface area contributed by atoms with Gasteiger partial charge in [0.2, 0.25) is 5.91 Å². The molecule has 0 aromatic carbocycles. The van der Waals surface area contributed by atoms with Gasteiger partial charge in [-0.3, -0.25) is 4.79 Å². The highest BCUT2D eigenvalue weighted by Gasteiger charge is 2.24. The van der Waals surface area contributed by atoms with Gasteiger partial charge in [-0.05, 0) is 13.3 Å². The van der Waals surface area contributed by atoms with Crippen LogP contribution in [0.2, 0.25) is 0 Å². The van der Waals surface area contributed by atoms with E-state index in [1.807, 2.05) is 0 Å². The number of nitrogens with zero attached hydrogens (tertiary/aromatic N) is 1. The van der Waals surface area contributed by atoms with E-state index in [9.17, 15) is 4.79 Å². The Hall–Kier alpha value is -0.320. The van der Waals surface area contributed by atoms with Crippen LogP contribution in [0, 0.1) is 0 Å². The van der Waals surface area contributed by atoms with Gasteiger partial charge >= 0.3 is 0 Å². The van der Waals surface area contributed by atoms with E-state index in [0.717, 1.165) is 13.0 Å². The molecule has 1 aliphatic rings. The lowest BCUT2D eigenvalue weighted by molar-refractivity contribution is -0.131. The van der Waals surface area contributed by atoms with Gasteiger partial charge in [0.25, 0.3) is 0 Å². The van der Waals surface area contributed by atoms with E-state index in [1.54, 1.807) is 11.8 Å². The number of likely N-dealkylation sites (tertiary alicyclic amines) is 1. The summed E-state index contributed by atoms with van der Waals surface area (Å²) in [5, 5.41) is 0. The van der Waals surface area contributed by atoms with Crippen molar-refractivity contribution in [3.05, 3.63) is 0 Å². The Bertz CT molecular complexity index is 163. The molecule has 1 heterocycles. The van der Waals surface area contributed by atoms with Crippen LogP contribution in [0.25, 0.3) is 0 Å². The van der Waals surface area contributed by atoms with Crippen molar-refractivity contribution in [1.29, 1.82) is 0 Å². The number of amides is 1. The van der Waals surface area contributed by atoms with E-state index in [-0.39, 0.29) is 30.4 Å². The third-order valence-electron chi connectivity index (χ3n) is 1.93. The fourth-order valence-corrected chi connectivity index (χ4v) is 1.28. The van der Waals surface area contributed by atoms with Crippen LogP contribution in [-0.4, -0.2) is 36.0 Å². The van der Waals surface area contributed by atoms with Crippen molar-refractivity contribution >= 4 is 18.3 Å². The number of hydrogen-bond acceptors (Lipinski definition) is 3. The zero-order chi connectivity index (χ0) is 8.43. The third kappa shape index (κ3) is 2.62. The molecule has 12 heavy (non-hydrogen) atoms. The van der Waals surface area contributed by atoms with Gasteiger partial charge in [-0.2, -0.15) is 0 Å². The van der Waals surface area contributed by atoms with Crippen molar-refractivity contribution in [2.24, 2.45) is 11.5 Å². The fraction of sp³-hybridized carbons (Fsp3) is 0.857. The van der Waals surface area contributed by atoms with Crippen LogP contribution in [0.4, 0.5) is 0 Å². The molecule has 1 amide bonds. The summed E-state index contributed by atoms with van der Waals surface area (Å²) in [5.41, 5.74) is 11.1. The fourth-order valence-electron chi connectivity index (χ4n) is 1.28. The summed E-state index contributed by atoms with van der Waals surface area (Å²) in [7, 11) is 0. The molecule has 4 N–H and O–H groups in total. The predicted molar refractivity (Wildman–Crippen MR) is 50.1 cm³/mol.